The molecule has 0 fully saturated rings. The van der Waals surface area contributed by atoms with Gasteiger partial charge in [-0.3, -0.25) is 0 Å². The van der Waals surface area contributed by atoms with Gasteiger partial charge in [0.25, 0.3) is 0 Å². The molecule has 0 radical (unpaired) electrons. The lowest BCUT2D eigenvalue weighted by molar-refractivity contribution is 0.607. The van der Waals surface area contributed by atoms with Gasteiger partial charge < -0.3 is 10.2 Å². The Hall–Kier alpha value is -1.94. The van der Waals surface area contributed by atoms with E-state index in [2.05, 4.69) is 23.3 Å². The lowest BCUT2D eigenvalue weighted by Gasteiger charge is -2.21. The molecular formula is C17H22FN3. The van der Waals surface area contributed by atoms with Crippen molar-refractivity contribution < 1.29 is 4.39 Å². The molecule has 0 saturated carbocycles. The monoisotopic (exact) mass is 287 g/mol. The number of aryl methyl sites for hydroxylation is 1. The molecule has 0 aliphatic carbocycles. The number of hydrogen-bond acceptors (Lipinski definition) is 3. The van der Waals surface area contributed by atoms with E-state index in [0.29, 0.717) is 12.1 Å². The molecule has 2 rings (SSSR count). The Morgan fingerprint density at radius 3 is 2.71 bits per heavy atom. The van der Waals surface area contributed by atoms with Crippen molar-refractivity contribution in [3.05, 3.63) is 59.0 Å². The van der Waals surface area contributed by atoms with Gasteiger partial charge >= 0.3 is 0 Å². The molecule has 0 saturated heterocycles. The third-order valence-corrected chi connectivity index (χ3v) is 3.41. The number of benzene rings is 1. The third-order valence-electron chi connectivity index (χ3n) is 3.41. The summed E-state index contributed by atoms with van der Waals surface area (Å²) in [7, 11) is 1.94. The largest absolute Gasteiger partial charge is 0.355 e. The van der Waals surface area contributed by atoms with Gasteiger partial charge in [0.05, 0.1) is 0 Å². The van der Waals surface area contributed by atoms with Gasteiger partial charge in [-0.15, -0.1) is 0 Å². The molecule has 112 valence electrons. The lowest BCUT2D eigenvalue weighted by atomic mass is 10.1. The van der Waals surface area contributed by atoms with Gasteiger partial charge in [-0.05, 0) is 36.7 Å². The highest BCUT2D eigenvalue weighted by atomic mass is 19.1. The van der Waals surface area contributed by atoms with E-state index in [4.69, 9.17) is 0 Å². The fraction of sp³-hybridized carbons (Fsp3) is 0.353. The molecule has 1 N–H and O–H groups in total. The van der Waals surface area contributed by atoms with Crippen LogP contribution in [0.1, 0.15) is 23.6 Å². The first-order valence-corrected chi connectivity index (χ1v) is 7.22. The zero-order valence-corrected chi connectivity index (χ0v) is 12.9. The van der Waals surface area contributed by atoms with Crippen molar-refractivity contribution in [3.63, 3.8) is 0 Å². The average molecular weight is 287 g/mol. The fourth-order valence-electron chi connectivity index (χ4n) is 2.35. The zero-order chi connectivity index (χ0) is 15.2. The van der Waals surface area contributed by atoms with E-state index in [-0.39, 0.29) is 5.82 Å². The summed E-state index contributed by atoms with van der Waals surface area (Å²) in [6.07, 6.45) is 1.88. The molecule has 0 aliphatic rings. The molecule has 1 aromatic heterocycles. The SMILES string of the molecule is CCNCc1cnc(N(C)Cc2ccccc2F)c(C)c1. The summed E-state index contributed by atoms with van der Waals surface area (Å²) in [6, 6.07) is 8.98. The standard InChI is InChI=1S/C17H22FN3/c1-4-19-10-14-9-13(2)17(20-11-14)21(3)12-15-7-5-6-8-16(15)18/h5-9,11,19H,4,10,12H2,1-3H3. The number of pyridine rings is 1. The summed E-state index contributed by atoms with van der Waals surface area (Å²) < 4.78 is 13.7. The van der Waals surface area contributed by atoms with Crippen LogP contribution in [0, 0.1) is 12.7 Å². The van der Waals surface area contributed by atoms with Crippen LogP contribution < -0.4 is 10.2 Å². The number of nitrogens with one attached hydrogen (secondary N) is 1. The van der Waals surface area contributed by atoms with Crippen LogP contribution in [0.3, 0.4) is 0 Å². The molecule has 0 amide bonds. The van der Waals surface area contributed by atoms with Gasteiger partial charge in [0, 0.05) is 31.9 Å². The number of nitrogens with zero attached hydrogens (tertiary/aromatic N) is 2. The molecule has 0 atom stereocenters. The summed E-state index contributed by atoms with van der Waals surface area (Å²) in [5.41, 5.74) is 2.94. The summed E-state index contributed by atoms with van der Waals surface area (Å²) in [5.74, 6) is 0.712. The number of hydrogen-bond donors (Lipinski definition) is 1. The number of anilines is 1. The van der Waals surface area contributed by atoms with Crippen molar-refractivity contribution in [2.45, 2.75) is 26.9 Å². The summed E-state index contributed by atoms with van der Waals surface area (Å²) in [6.45, 7) is 6.38. The maximum absolute atomic E-state index is 13.7. The quantitative estimate of drug-likeness (QED) is 0.884. The second-order valence-electron chi connectivity index (χ2n) is 5.21. The second kappa shape index (κ2) is 7.18. The van der Waals surface area contributed by atoms with Crippen LogP contribution in [-0.4, -0.2) is 18.6 Å². The van der Waals surface area contributed by atoms with E-state index in [1.54, 1.807) is 12.1 Å². The van der Waals surface area contributed by atoms with Crippen LogP contribution in [-0.2, 0) is 13.1 Å². The Bertz CT molecular complexity index is 598. The summed E-state index contributed by atoms with van der Waals surface area (Å²) >= 11 is 0. The van der Waals surface area contributed by atoms with Crippen LogP contribution in [0.25, 0.3) is 0 Å². The highest BCUT2D eigenvalue weighted by Crippen LogP contribution is 2.19. The van der Waals surface area contributed by atoms with Gasteiger partial charge in [-0.1, -0.05) is 25.1 Å². The van der Waals surface area contributed by atoms with Crippen LogP contribution in [0.2, 0.25) is 0 Å². The van der Waals surface area contributed by atoms with Crippen molar-refractivity contribution in [2.24, 2.45) is 0 Å². The predicted molar refractivity (Wildman–Crippen MR) is 84.9 cm³/mol. The molecule has 3 nitrogen and oxygen atoms in total. The van der Waals surface area contributed by atoms with Gasteiger partial charge in [-0.25, -0.2) is 9.37 Å². The average Bonchev–Trinajstić information content (AvgIpc) is 2.47. The van der Waals surface area contributed by atoms with Crippen molar-refractivity contribution in [2.75, 3.05) is 18.5 Å². The Balaban J connectivity index is 2.12. The topological polar surface area (TPSA) is 28.2 Å². The molecule has 2 aromatic rings. The highest BCUT2D eigenvalue weighted by Gasteiger charge is 2.10. The molecule has 0 unspecified atom stereocenters. The van der Waals surface area contributed by atoms with Crippen molar-refractivity contribution in [1.82, 2.24) is 10.3 Å². The van der Waals surface area contributed by atoms with Gasteiger partial charge in [0.1, 0.15) is 11.6 Å². The van der Waals surface area contributed by atoms with E-state index in [1.807, 2.05) is 31.1 Å². The van der Waals surface area contributed by atoms with Crippen molar-refractivity contribution in [3.8, 4) is 0 Å². The minimum absolute atomic E-state index is 0.175. The third kappa shape index (κ3) is 4.02. The van der Waals surface area contributed by atoms with Crippen LogP contribution in [0.5, 0.6) is 0 Å². The lowest BCUT2D eigenvalue weighted by Crippen LogP contribution is -2.20. The maximum atomic E-state index is 13.7. The fourth-order valence-corrected chi connectivity index (χ4v) is 2.35. The summed E-state index contributed by atoms with van der Waals surface area (Å²) in [5, 5.41) is 3.28. The van der Waals surface area contributed by atoms with E-state index in [1.165, 1.54) is 6.07 Å². The normalized spacial score (nSPS) is 10.7. The molecule has 1 heterocycles. The molecule has 21 heavy (non-hydrogen) atoms. The highest BCUT2D eigenvalue weighted by molar-refractivity contribution is 5.47. The Kier molecular flexibility index (Phi) is 5.28. The minimum atomic E-state index is -0.175. The van der Waals surface area contributed by atoms with Gasteiger partial charge in [0.15, 0.2) is 0 Å². The number of aromatic nitrogens is 1. The Labute approximate surface area is 125 Å². The van der Waals surface area contributed by atoms with Crippen LogP contribution in [0.4, 0.5) is 10.2 Å². The zero-order valence-electron chi connectivity index (χ0n) is 12.9. The molecular weight excluding hydrogens is 265 g/mol. The first kappa shape index (κ1) is 15.4. The predicted octanol–water partition coefficient (Wildman–Crippen LogP) is 3.28. The Morgan fingerprint density at radius 2 is 2.05 bits per heavy atom. The van der Waals surface area contributed by atoms with Gasteiger partial charge in [0.2, 0.25) is 0 Å². The number of halogens is 1. The van der Waals surface area contributed by atoms with E-state index in [9.17, 15) is 4.39 Å². The molecule has 1 aromatic carbocycles. The van der Waals surface area contributed by atoms with Crippen molar-refractivity contribution in [1.29, 1.82) is 0 Å². The smallest absolute Gasteiger partial charge is 0.131 e. The molecule has 4 heteroatoms. The second-order valence-corrected chi connectivity index (χ2v) is 5.21. The van der Waals surface area contributed by atoms with E-state index in [0.717, 1.165) is 30.0 Å². The molecule has 0 aliphatic heterocycles. The molecule has 0 spiro atoms. The number of rotatable bonds is 6. The Morgan fingerprint density at radius 1 is 1.29 bits per heavy atom. The van der Waals surface area contributed by atoms with Crippen LogP contribution >= 0.6 is 0 Å². The maximum Gasteiger partial charge on any atom is 0.131 e. The van der Waals surface area contributed by atoms with Crippen LogP contribution in [0.15, 0.2) is 36.5 Å². The van der Waals surface area contributed by atoms with Crippen molar-refractivity contribution >= 4 is 5.82 Å². The summed E-state index contributed by atoms with van der Waals surface area (Å²) in [4.78, 5) is 6.50. The first-order chi connectivity index (χ1) is 10.1. The van der Waals surface area contributed by atoms with E-state index >= 15 is 0 Å². The molecule has 0 bridgehead atoms. The van der Waals surface area contributed by atoms with E-state index < -0.39 is 0 Å². The minimum Gasteiger partial charge on any atom is -0.355 e. The first-order valence-electron chi connectivity index (χ1n) is 7.22. The van der Waals surface area contributed by atoms with Gasteiger partial charge in [-0.2, -0.15) is 0 Å².